The molecule has 2 N–H and O–H groups in total. The molecule has 5 rings (SSSR count). The Labute approximate surface area is 166 Å². The molecule has 3 aromatic heterocycles. The van der Waals surface area contributed by atoms with Crippen molar-refractivity contribution < 1.29 is 4.74 Å². The molecule has 4 aromatic rings. The molecule has 4 heterocycles. The number of thiazole rings is 1. The van der Waals surface area contributed by atoms with Gasteiger partial charge in [0.15, 0.2) is 4.96 Å². The first-order valence-electron chi connectivity index (χ1n) is 9.22. The van der Waals surface area contributed by atoms with Gasteiger partial charge >= 0.3 is 0 Å². The third kappa shape index (κ3) is 3.10. The highest BCUT2D eigenvalue weighted by Crippen LogP contribution is 2.34. The summed E-state index contributed by atoms with van der Waals surface area (Å²) in [6, 6.07) is 10.3. The minimum Gasteiger partial charge on any atom is -0.497 e. The highest BCUT2D eigenvalue weighted by Gasteiger charge is 2.20. The summed E-state index contributed by atoms with van der Waals surface area (Å²) in [4.78, 5) is 15.0. The fourth-order valence-electron chi connectivity index (χ4n) is 3.52. The lowest BCUT2D eigenvalue weighted by molar-refractivity contribution is 0.415. The number of imidazole rings is 1. The van der Waals surface area contributed by atoms with Crippen LogP contribution in [0.3, 0.4) is 0 Å². The minimum atomic E-state index is 0.361. The minimum absolute atomic E-state index is 0.361. The average molecular weight is 392 g/mol. The van der Waals surface area contributed by atoms with Gasteiger partial charge in [0.2, 0.25) is 5.95 Å². The fraction of sp³-hybridized carbons (Fsp3) is 0.250. The number of fused-ring (bicyclic) bond motifs is 1. The van der Waals surface area contributed by atoms with E-state index < -0.39 is 0 Å². The molecule has 0 radical (unpaired) electrons. The SMILES string of the molecule is COc1cccc(-c2nc3sccn3c2-c2ccnc(N[C@@H]3CCNC3)n2)c1. The molecule has 1 atom stereocenters. The van der Waals surface area contributed by atoms with Gasteiger partial charge in [0, 0.05) is 35.9 Å². The van der Waals surface area contributed by atoms with Crippen molar-refractivity contribution in [2.45, 2.75) is 12.5 Å². The monoisotopic (exact) mass is 392 g/mol. The predicted molar refractivity (Wildman–Crippen MR) is 111 cm³/mol. The van der Waals surface area contributed by atoms with Gasteiger partial charge in [-0.15, -0.1) is 11.3 Å². The van der Waals surface area contributed by atoms with Crippen LogP contribution < -0.4 is 15.4 Å². The van der Waals surface area contributed by atoms with Crippen molar-refractivity contribution in [1.82, 2.24) is 24.7 Å². The van der Waals surface area contributed by atoms with E-state index in [1.165, 1.54) is 0 Å². The normalized spacial score (nSPS) is 16.5. The van der Waals surface area contributed by atoms with Gasteiger partial charge in [0.1, 0.15) is 11.4 Å². The molecule has 8 heteroatoms. The lowest BCUT2D eigenvalue weighted by Gasteiger charge is -2.12. The van der Waals surface area contributed by atoms with E-state index in [1.807, 2.05) is 41.9 Å². The number of hydrogen-bond acceptors (Lipinski definition) is 7. The van der Waals surface area contributed by atoms with Crippen LogP contribution in [-0.4, -0.2) is 45.6 Å². The largest absolute Gasteiger partial charge is 0.497 e. The Bertz CT molecular complexity index is 1110. The molecule has 0 amide bonds. The van der Waals surface area contributed by atoms with Crippen LogP contribution in [0.4, 0.5) is 5.95 Å². The molecule has 0 spiro atoms. The molecule has 1 fully saturated rings. The molecule has 1 aromatic carbocycles. The Morgan fingerprint density at radius 2 is 2.25 bits per heavy atom. The van der Waals surface area contributed by atoms with Crippen LogP contribution in [0.5, 0.6) is 5.75 Å². The summed E-state index contributed by atoms with van der Waals surface area (Å²) in [7, 11) is 1.67. The Kier molecular flexibility index (Phi) is 4.42. The van der Waals surface area contributed by atoms with Crippen LogP contribution in [0.2, 0.25) is 0 Å². The number of anilines is 1. The second-order valence-electron chi connectivity index (χ2n) is 6.70. The van der Waals surface area contributed by atoms with E-state index in [1.54, 1.807) is 24.6 Å². The number of nitrogens with one attached hydrogen (secondary N) is 2. The van der Waals surface area contributed by atoms with Crippen LogP contribution in [0.25, 0.3) is 27.6 Å². The van der Waals surface area contributed by atoms with Crippen LogP contribution >= 0.6 is 11.3 Å². The molecule has 0 unspecified atom stereocenters. The lowest BCUT2D eigenvalue weighted by atomic mass is 10.1. The first-order valence-corrected chi connectivity index (χ1v) is 10.1. The first-order chi connectivity index (χ1) is 13.8. The summed E-state index contributed by atoms with van der Waals surface area (Å²) < 4.78 is 7.48. The van der Waals surface area contributed by atoms with E-state index in [0.717, 1.165) is 52.9 Å². The number of ether oxygens (including phenoxy) is 1. The number of hydrogen-bond donors (Lipinski definition) is 2. The number of nitrogens with zero attached hydrogens (tertiary/aromatic N) is 4. The standard InChI is InChI=1S/C20H20N6OS/c1-27-15-4-2-3-13(11-15)17-18(26-9-10-28-20(26)25-17)16-6-8-22-19(24-16)23-14-5-7-21-12-14/h2-4,6,8-11,14,21H,5,7,12H2,1H3,(H,22,23,24)/t14-/m1/s1. The molecule has 0 saturated carbocycles. The van der Waals surface area contributed by atoms with E-state index >= 15 is 0 Å². The summed E-state index contributed by atoms with van der Waals surface area (Å²) in [6.07, 6.45) is 4.90. The van der Waals surface area contributed by atoms with E-state index in [4.69, 9.17) is 14.7 Å². The van der Waals surface area contributed by atoms with Gasteiger partial charge in [0.25, 0.3) is 0 Å². The summed E-state index contributed by atoms with van der Waals surface area (Å²) in [6.45, 7) is 1.96. The predicted octanol–water partition coefficient (Wildman–Crippen LogP) is 3.30. The second kappa shape index (κ2) is 7.21. The molecular formula is C20H20N6OS. The third-order valence-electron chi connectivity index (χ3n) is 4.90. The maximum absolute atomic E-state index is 5.40. The molecule has 0 aliphatic carbocycles. The van der Waals surface area contributed by atoms with Crippen molar-refractivity contribution in [1.29, 1.82) is 0 Å². The Morgan fingerprint density at radius 3 is 3.11 bits per heavy atom. The molecule has 142 valence electrons. The summed E-state index contributed by atoms with van der Waals surface area (Å²) in [5.41, 5.74) is 3.68. The Morgan fingerprint density at radius 1 is 1.29 bits per heavy atom. The first kappa shape index (κ1) is 17.2. The topological polar surface area (TPSA) is 76.4 Å². The molecular weight excluding hydrogens is 372 g/mol. The van der Waals surface area contributed by atoms with Crippen LogP contribution in [-0.2, 0) is 0 Å². The zero-order valence-corrected chi connectivity index (χ0v) is 16.2. The van der Waals surface area contributed by atoms with Gasteiger partial charge < -0.3 is 15.4 Å². The molecule has 28 heavy (non-hydrogen) atoms. The van der Waals surface area contributed by atoms with E-state index in [-0.39, 0.29) is 0 Å². The van der Waals surface area contributed by atoms with Gasteiger partial charge in [-0.3, -0.25) is 4.40 Å². The van der Waals surface area contributed by atoms with Crippen molar-refractivity contribution in [3.8, 4) is 28.4 Å². The van der Waals surface area contributed by atoms with Gasteiger partial charge in [-0.05, 0) is 31.2 Å². The van der Waals surface area contributed by atoms with Crippen LogP contribution in [0, 0.1) is 0 Å². The van der Waals surface area contributed by atoms with Crippen molar-refractivity contribution in [3.05, 3.63) is 48.1 Å². The van der Waals surface area contributed by atoms with Crippen molar-refractivity contribution >= 4 is 22.2 Å². The van der Waals surface area contributed by atoms with Crippen molar-refractivity contribution in [3.63, 3.8) is 0 Å². The fourth-order valence-corrected chi connectivity index (χ4v) is 4.24. The summed E-state index contributed by atoms with van der Waals surface area (Å²) in [5.74, 6) is 1.45. The van der Waals surface area contributed by atoms with E-state index in [2.05, 4.69) is 20.0 Å². The zero-order chi connectivity index (χ0) is 18.9. The Balaban J connectivity index is 1.61. The van der Waals surface area contributed by atoms with Crippen LogP contribution in [0.1, 0.15) is 6.42 Å². The highest BCUT2D eigenvalue weighted by molar-refractivity contribution is 7.15. The Hall–Kier alpha value is -2.97. The van der Waals surface area contributed by atoms with Gasteiger partial charge in [-0.2, -0.15) is 0 Å². The quantitative estimate of drug-likeness (QED) is 0.543. The van der Waals surface area contributed by atoms with E-state index in [9.17, 15) is 0 Å². The van der Waals surface area contributed by atoms with Crippen LogP contribution in [0.15, 0.2) is 48.1 Å². The molecule has 7 nitrogen and oxygen atoms in total. The second-order valence-corrected chi connectivity index (χ2v) is 7.57. The van der Waals surface area contributed by atoms with Crippen molar-refractivity contribution in [2.24, 2.45) is 0 Å². The molecule has 1 aliphatic rings. The maximum Gasteiger partial charge on any atom is 0.223 e. The van der Waals surface area contributed by atoms with Gasteiger partial charge in [-0.1, -0.05) is 12.1 Å². The summed E-state index contributed by atoms with van der Waals surface area (Å²) in [5, 5.41) is 8.82. The smallest absolute Gasteiger partial charge is 0.223 e. The van der Waals surface area contributed by atoms with Crippen molar-refractivity contribution in [2.75, 3.05) is 25.5 Å². The highest BCUT2D eigenvalue weighted by atomic mass is 32.1. The third-order valence-corrected chi connectivity index (χ3v) is 5.65. The van der Waals surface area contributed by atoms with Gasteiger partial charge in [0.05, 0.1) is 18.5 Å². The average Bonchev–Trinajstić information content (AvgIpc) is 3.45. The van der Waals surface area contributed by atoms with E-state index in [0.29, 0.717) is 12.0 Å². The lowest BCUT2D eigenvalue weighted by Crippen LogP contribution is -2.23. The number of rotatable bonds is 5. The maximum atomic E-state index is 5.40. The molecule has 0 bridgehead atoms. The number of benzene rings is 1. The van der Waals surface area contributed by atoms with Gasteiger partial charge in [-0.25, -0.2) is 15.0 Å². The number of aromatic nitrogens is 4. The molecule has 1 saturated heterocycles. The number of methoxy groups -OCH3 is 1. The molecule has 1 aliphatic heterocycles. The summed E-state index contributed by atoms with van der Waals surface area (Å²) >= 11 is 1.61. The zero-order valence-electron chi connectivity index (χ0n) is 15.4.